The van der Waals surface area contributed by atoms with E-state index in [0.717, 1.165) is 19.7 Å². The molecule has 8 nitrogen and oxygen atoms in total. The van der Waals surface area contributed by atoms with Crippen LogP contribution in [0.5, 0.6) is 5.75 Å². The monoisotopic (exact) mass is 398 g/mol. The molecule has 1 aromatic heterocycles. The van der Waals surface area contributed by atoms with Gasteiger partial charge in [0.15, 0.2) is 0 Å². The van der Waals surface area contributed by atoms with Crippen molar-refractivity contribution in [2.24, 2.45) is 0 Å². The Hall–Kier alpha value is -2.71. The molecule has 2 aromatic rings. The van der Waals surface area contributed by atoms with Gasteiger partial charge in [0.1, 0.15) is 11.3 Å². The van der Waals surface area contributed by atoms with Crippen molar-refractivity contribution in [2.45, 2.75) is 31.8 Å². The fraction of sp³-hybridized carbons (Fsp3) is 0.476. The van der Waals surface area contributed by atoms with Gasteiger partial charge in [-0.3, -0.25) is 4.90 Å². The quantitative estimate of drug-likeness (QED) is 0.734. The zero-order chi connectivity index (χ0) is 20.2. The molecule has 8 heteroatoms. The van der Waals surface area contributed by atoms with E-state index in [4.69, 9.17) is 9.47 Å². The largest absolute Gasteiger partial charge is 0.493 e. The van der Waals surface area contributed by atoms with Crippen molar-refractivity contribution in [3.05, 3.63) is 36.0 Å². The fourth-order valence-electron chi connectivity index (χ4n) is 4.01. The average Bonchev–Trinajstić information content (AvgIpc) is 3.40. The van der Waals surface area contributed by atoms with E-state index >= 15 is 0 Å². The Morgan fingerprint density at radius 1 is 1.31 bits per heavy atom. The van der Waals surface area contributed by atoms with Crippen LogP contribution in [0.15, 0.2) is 30.5 Å². The van der Waals surface area contributed by atoms with Crippen LogP contribution in [0.2, 0.25) is 0 Å². The van der Waals surface area contributed by atoms with E-state index in [1.165, 1.54) is 12.8 Å². The number of rotatable bonds is 7. The number of carboxylic acids is 1. The Balaban J connectivity index is 1.54. The number of carboxylic acid groups (broad SMARTS) is 1. The van der Waals surface area contributed by atoms with Gasteiger partial charge in [0.05, 0.1) is 37.6 Å². The summed E-state index contributed by atoms with van der Waals surface area (Å²) in [5, 5.41) is 12.9. The molecule has 0 bridgehead atoms. The summed E-state index contributed by atoms with van der Waals surface area (Å²) in [7, 11) is 0. The molecule has 0 aliphatic carbocycles. The van der Waals surface area contributed by atoms with Gasteiger partial charge in [-0.05, 0) is 57.1 Å². The van der Waals surface area contributed by atoms with Crippen LogP contribution >= 0.6 is 0 Å². The number of anilines is 1. The first-order chi connectivity index (χ1) is 14.2. The summed E-state index contributed by atoms with van der Waals surface area (Å²) in [6.45, 7) is 5.79. The molecule has 2 atom stereocenters. The maximum absolute atomic E-state index is 11.6. The molecule has 29 heavy (non-hydrogen) atoms. The van der Waals surface area contributed by atoms with Crippen LogP contribution in [0.1, 0.15) is 30.1 Å². The summed E-state index contributed by atoms with van der Waals surface area (Å²) in [4.78, 5) is 23.0. The van der Waals surface area contributed by atoms with Gasteiger partial charge in [-0.15, -0.1) is 0 Å². The zero-order valence-electron chi connectivity index (χ0n) is 16.5. The van der Waals surface area contributed by atoms with Crippen LogP contribution in [-0.4, -0.2) is 70.9 Å². The second-order valence-electron chi connectivity index (χ2n) is 7.31. The topological polar surface area (TPSA) is 96.8 Å². The van der Waals surface area contributed by atoms with Crippen molar-refractivity contribution in [3.63, 3.8) is 0 Å². The molecule has 2 N–H and O–H groups in total. The summed E-state index contributed by atoms with van der Waals surface area (Å²) in [6, 6.07) is 7.31. The van der Waals surface area contributed by atoms with Gasteiger partial charge in [-0.25, -0.2) is 14.8 Å². The molecule has 2 fully saturated rings. The minimum absolute atomic E-state index is 0.121. The van der Waals surface area contributed by atoms with Crippen molar-refractivity contribution in [1.82, 2.24) is 14.9 Å². The predicted octanol–water partition coefficient (Wildman–Crippen LogP) is 2.52. The Bertz CT molecular complexity index is 870. The molecule has 0 saturated carbocycles. The lowest BCUT2D eigenvalue weighted by atomic mass is 10.1. The molecular weight excluding hydrogens is 372 g/mol. The molecular formula is C21H26N4O4. The third kappa shape index (κ3) is 4.33. The smallest absolute Gasteiger partial charge is 0.339 e. The number of ether oxygens (including phenoxy) is 2. The number of hydrogen-bond donors (Lipinski definition) is 2. The van der Waals surface area contributed by atoms with Crippen LogP contribution in [0.25, 0.3) is 11.3 Å². The Morgan fingerprint density at radius 2 is 2.14 bits per heavy atom. The molecule has 0 unspecified atom stereocenters. The normalized spacial score (nSPS) is 22.0. The maximum atomic E-state index is 11.6. The second-order valence-corrected chi connectivity index (χ2v) is 7.31. The minimum atomic E-state index is -1.03. The van der Waals surface area contributed by atoms with Crippen molar-refractivity contribution in [2.75, 3.05) is 38.2 Å². The third-order valence-corrected chi connectivity index (χ3v) is 5.44. The highest BCUT2D eigenvalue weighted by Crippen LogP contribution is 2.27. The van der Waals surface area contributed by atoms with E-state index in [2.05, 4.69) is 20.2 Å². The van der Waals surface area contributed by atoms with Gasteiger partial charge in [-0.1, -0.05) is 0 Å². The van der Waals surface area contributed by atoms with E-state index in [0.29, 0.717) is 42.2 Å². The Morgan fingerprint density at radius 3 is 2.90 bits per heavy atom. The molecule has 2 aliphatic heterocycles. The first-order valence-electron chi connectivity index (χ1n) is 10.1. The summed E-state index contributed by atoms with van der Waals surface area (Å²) in [5.74, 6) is -0.153. The van der Waals surface area contributed by atoms with Gasteiger partial charge in [-0.2, -0.15) is 0 Å². The lowest BCUT2D eigenvalue weighted by Crippen LogP contribution is -2.45. The molecule has 0 radical (unpaired) electrons. The van der Waals surface area contributed by atoms with Crippen molar-refractivity contribution in [3.8, 4) is 17.0 Å². The highest BCUT2D eigenvalue weighted by Gasteiger charge is 2.34. The molecule has 0 spiro atoms. The number of hydrogen-bond acceptors (Lipinski definition) is 7. The number of aromatic nitrogens is 2. The number of benzene rings is 1. The fourth-order valence-corrected chi connectivity index (χ4v) is 4.01. The molecule has 1 aromatic carbocycles. The van der Waals surface area contributed by atoms with Crippen LogP contribution in [-0.2, 0) is 4.74 Å². The van der Waals surface area contributed by atoms with E-state index < -0.39 is 5.97 Å². The van der Waals surface area contributed by atoms with Gasteiger partial charge >= 0.3 is 5.97 Å². The van der Waals surface area contributed by atoms with Crippen LogP contribution in [0, 0.1) is 0 Å². The van der Waals surface area contributed by atoms with Crippen LogP contribution < -0.4 is 10.1 Å². The Labute approximate surface area is 169 Å². The van der Waals surface area contributed by atoms with Gasteiger partial charge < -0.3 is 19.9 Å². The lowest BCUT2D eigenvalue weighted by Gasteiger charge is -2.27. The average molecular weight is 398 g/mol. The van der Waals surface area contributed by atoms with Crippen LogP contribution in [0.4, 0.5) is 5.95 Å². The summed E-state index contributed by atoms with van der Waals surface area (Å²) >= 11 is 0. The first-order valence-corrected chi connectivity index (χ1v) is 10.1. The maximum Gasteiger partial charge on any atom is 0.339 e. The highest BCUT2D eigenvalue weighted by molar-refractivity contribution is 5.92. The summed E-state index contributed by atoms with van der Waals surface area (Å²) in [6.07, 6.45) is 4.15. The molecule has 0 amide bonds. The van der Waals surface area contributed by atoms with Crippen molar-refractivity contribution < 1.29 is 19.4 Å². The van der Waals surface area contributed by atoms with Gasteiger partial charge in [0.2, 0.25) is 5.95 Å². The lowest BCUT2D eigenvalue weighted by molar-refractivity contribution is 0.0692. The van der Waals surface area contributed by atoms with E-state index in [-0.39, 0.29) is 11.6 Å². The van der Waals surface area contributed by atoms with Crippen LogP contribution in [0.3, 0.4) is 0 Å². The van der Waals surface area contributed by atoms with Crippen molar-refractivity contribution >= 4 is 11.9 Å². The SMILES string of the molecule is CCOc1ccc(-c2ccnc(N[C@H]3COC[C@@H]3N3CCCC3)n2)cc1C(=O)O. The third-order valence-electron chi connectivity index (χ3n) is 5.44. The predicted molar refractivity (Wildman–Crippen MR) is 108 cm³/mol. The van der Waals surface area contributed by atoms with E-state index in [1.54, 1.807) is 24.4 Å². The molecule has 154 valence electrons. The molecule has 2 saturated heterocycles. The number of carbonyl (C=O) groups is 1. The van der Waals surface area contributed by atoms with E-state index in [9.17, 15) is 9.90 Å². The number of likely N-dealkylation sites (tertiary alicyclic amines) is 1. The van der Waals surface area contributed by atoms with Gasteiger partial charge in [0.25, 0.3) is 0 Å². The second kappa shape index (κ2) is 8.75. The number of nitrogens with zero attached hydrogens (tertiary/aromatic N) is 3. The van der Waals surface area contributed by atoms with Crippen molar-refractivity contribution in [1.29, 1.82) is 0 Å². The molecule has 3 heterocycles. The molecule has 2 aliphatic rings. The minimum Gasteiger partial charge on any atom is -0.493 e. The summed E-state index contributed by atoms with van der Waals surface area (Å²) < 4.78 is 11.1. The Kier molecular flexibility index (Phi) is 5.92. The number of aromatic carboxylic acids is 1. The van der Waals surface area contributed by atoms with E-state index in [1.807, 2.05) is 13.0 Å². The standard InChI is InChI=1S/C21H26N4O4/c1-2-29-19-6-5-14(11-15(19)20(26)27)16-7-8-22-21(23-16)24-17-12-28-13-18(17)25-9-3-4-10-25/h5-8,11,17-18H,2-4,9-10,12-13H2,1H3,(H,26,27)(H,22,23,24)/t17-,18-/m0/s1. The number of nitrogens with one attached hydrogen (secondary N) is 1. The summed E-state index contributed by atoms with van der Waals surface area (Å²) in [5.41, 5.74) is 1.48. The molecule has 4 rings (SSSR count). The zero-order valence-corrected chi connectivity index (χ0v) is 16.5. The highest BCUT2D eigenvalue weighted by atomic mass is 16.5. The van der Waals surface area contributed by atoms with Gasteiger partial charge in [0, 0.05) is 11.8 Å². The first kappa shape index (κ1) is 19.6.